The van der Waals surface area contributed by atoms with E-state index in [9.17, 15) is 5.07 Å². The van der Waals surface area contributed by atoms with Crippen LogP contribution in [0.15, 0.2) is 0 Å². The Kier molecular flexibility index (Phi) is 7.16. The number of hydrogen-bond donors (Lipinski definition) is 0. The number of rotatable bonds is 0. The maximum atomic E-state index is 9.88. The molecule has 0 atom stereocenters. The summed E-state index contributed by atoms with van der Waals surface area (Å²) in [7, 11) is 0. The average molecular weight is 259 g/mol. The fourth-order valence-electron chi connectivity index (χ4n) is 0. The molecule has 0 rings (SSSR count). The zero-order valence-electron chi connectivity index (χ0n) is 1.85. The van der Waals surface area contributed by atoms with E-state index in [4.69, 9.17) is 0 Å². The Morgan fingerprint density at radius 1 is 0.833 bits per heavy atom. The van der Waals surface area contributed by atoms with Gasteiger partial charge in [-0.15, -0.1) is 0 Å². The molecule has 0 aromatic rings. The fourth-order valence-corrected chi connectivity index (χ4v) is 0. The van der Waals surface area contributed by atoms with Crippen LogP contribution in [-0.4, -0.2) is 29.6 Å². The molecule has 0 aliphatic carbocycles. The van der Waals surface area contributed by atoms with Crippen LogP contribution in [0.4, 0.5) is 5.07 Å². The van der Waals surface area contributed by atoms with Crippen molar-refractivity contribution in [3.8, 4) is 0 Å². The third-order valence-electron chi connectivity index (χ3n) is 0. The topological polar surface area (TPSA) is 0 Å². The summed E-state index contributed by atoms with van der Waals surface area (Å²) in [5.41, 5.74) is 0. The van der Waals surface area contributed by atoms with Gasteiger partial charge in [0.1, 0.15) is 0 Å². The minimum atomic E-state index is -7.00. The van der Waals surface area contributed by atoms with Gasteiger partial charge in [0.05, 0.1) is 0 Å². The molecule has 0 heterocycles. The van der Waals surface area contributed by atoms with E-state index in [1.807, 2.05) is 0 Å². The summed E-state index contributed by atoms with van der Waals surface area (Å²) in [5, 5.41) is 0. The van der Waals surface area contributed by atoms with Crippen LogP contribution >= 0.6 is 0 Å². The normalized spacial score (nSPS) is 12.7. The van der Waals surface area contributed by atoms with Crippen molar-refractivity contribution in [2.75, 3.05) is 0 Å². The first kappa shape index (κ1) is 10.9. The Labute approximate surface area is 67.1 Å². The van der Waals surface area contributed by atoms with E-state index in [1.165, 1.54) is 0 Å². The third-order valence-corrected chi connectivity index (χ3v) is 0. The molecule has 0 radical (unpaired) electrons. The van der Waals surface area contributed by atoms with Crippen LogP contribution in [0.5, 0.6) is 0 Å². The molecule has 0 bridgehead atoms. The van der Waals surface area contributed by atoms with Crippen LogP contribution in [-0.2, 0) is 0 Å². The molecule has 0 nitrogen and oxygen atoms in total. The Morgan fingerprint density at radius 3 is 0.833 bits per heavy atom. The van der Waals surface area contributed by atoms with Crippen molar-refractivity contribution in [2.45, 2.75) is 0 Å². The van der Waals surface area contributed by atoms with Crippen molar-refractivity contribution in [1.82, 2.24) is 0 Å². The van der Waals surface area contributed by atoms with Gasteiger partial charge in [0.2, 0.25) is 0 Å². The molecule has 6 heavy (non-hydrogen) atoms. The molecular weight excluding hydrogens is 258 g/mol. The summed E-state index contributed by atoms with van der Waals surface area (Å²) in [5.74, 6) is 0. The van der Waals surface area contributed by atoms with Gasteiger partial charge in [-0.05, 0) is 0 Å². The first-order chi connectivity index (χ1) is 2.00. The van der Waals surface area contributed by atoms with Gasteiger partial charge in [0, 0.05) is 0 Å². The van der Waals surface area contributed by atoms with E-state index in [-0.39, 0.29) is 29.6 Å². The zero-order chi connectivity index (χ0) is 4.50. The molecule has 0 aliphatic heterocycles. The van der Waals surface area contributed by atoms with Crippen molar-refractivity contribution in [3.05, 3.63) is 0 Å². The van der Waals surface area contributed by atoms with Gasteiger partial charge >= 0.3 is 68.5 Å². The second kappa shape index (κ2) is 3.94. The van der Waals surface area contributed by atoms with Crippen LogP contribution in [0, 0.1) is 33.8 Å². The van der Waals surface area contributed by atoms with Gasteiger partial charge in [0.25, 0.3) is 0 Å². The Morgan fingerprint density at radius 2 is 0.833 bits per heavy atom. The van der Waals surface area contributed by atoms with Gasteiger partial charge in [-0.25, -0.2) is 0 Å². The van der Waals surface area contributed by atoms with Crippen molar-refractivity contribution in [2.24, 2.45) is 0 Å². The summed E-state index contributed by atoms with van der Waals surface area (Å²) < 4.78 is 39.5. The van der Waals surface area contributed by atoms with Crippen molar-refractivity contribution >= 4 is 29.6 Å². The molecule has 0 aromatic heterocycles. The minimum absolute atomic E-state index is 0. The molecule has 6 heteroatoms. The molecule has 0 fully saturated rings. The Hall–Kier alpha value is 2.01. The summed E-state index contributed by atoms with van der Waals surface area (Å²) in [6.07, 6.45) is 0. The van der Waals surface area contributed by atoms with E-state index in [2.05, 4.69) is 0 Å². The predicted molar refractivity (Wildman–Crippen MR) is 11.6 cm³/mol. The first-order valence-electron chi connectivity index (χ1n) is 0.504. The summed E-state index contributed by atoms with van der Waals surface area (Å²) in [6, 6.07) is 0. The van der Waals surface area contributed by atoms with Crippen molar-refractivity contribution < 1.29 is 38.9 Å². The number of hydrogen-bond acceptors (Lipinski definition) is 0. The first-order valence-corrected chi connectivity index (χ1v) is 3.74. The van der Waals surface area contributed by atoms with E-state index in [0.717, 1.165) is 0 Å². The molecule has 0 spiro atoms. The van der Waals surface area contributed by atoms with E-state index in [1.54, 1.807) is 0 Å². The van der Waals surface area contributed by atoms with Crippen LogP contribution in [0.2, 0.25) is 0 Å². The predicted octanol–water partition coefficient (Wildman–Crippen LogP) is 1.03. The monoisotopic (exact) mass is 259 g/mol. The SMILES string of the molecule is [F][Tb]([F])([F])[F].[NaH]. The molecule has 39 valence electrons. The van der Waals surface area contributed by atoms with Crippen molar-refractivity contribution in [1.29, 1.82) is 0 Å². The molecule has 0 aliphatic rings. The zero-order valence-corrected chi connectivity index (χ0v) is 3.98. The quantitative estimate of drug-likeness (QED) is 0.450. The second-order valence-corrected chi connectivity index (χ2v) is 2.12. The molecule has 0 saturated heterocycles. The van der Waals surface area contributed by atoms with Gasteiger partial charge in [-0.2, -0.15) is 0 Å². The van der Waals surface area contributed by atoms with Gasteiger partial charge in [-0.1, -0.05) is 0 Å². The van der Waals surface area contributed by atoms with Crippen LogP contribution in [0.1, 0.15) is 0 Å². The van der Waals surface area contributed by atoms with Crippen LogP contribution in [0.3, 0.4) is 0 Å². The Balaban J connectivity index is 0. The Bertz CT molecular complexity index is 23.0. The van der Waals surface area contributed by atoms with E-state index >= 15 is 0 Å². The summed E-state index contributed by atoms with van der Waals surface area (Å²) in [4.78, 5) is 0. The van der Waals surface area contributed by atoms with E-state index in [0.29, 0.717) is 0 Å². The van der Waals surface area contributed by atoms with Crippen molar-refractivity contribution in [3.63, 3.8) is 0 Å². The average Bonchev–Trinajstić information content (AvgIpc) is 0.722. The molecule has 0 aromatic carbocycles. The molecule has 0 unspecified atom stereocenters. The number of halogens is 4. The fraction of sp³-hybridized carbons (Fsp3) is 0. The standard InChI is InChI=1S/4FH.Na.Tb.H/h4*1H;;;/q;;;;;+4;/p-4. The van der Waals surface area contributed by atoms with E-state index < -0.39 is 33.8 Å². The van der Waals surface area contributed by atoms with Gasteiger partial charge < -0.3 is 0 Å². The molecule has 0 N–H and O–H groups in total. The van der Waals surface area contributed by atoms with Crippen LogP contribution < -0.4 is 0 Å². The second-order valence-electron chi connectivity index (χ2n) is 0.286. The molecule has 0 amide bonds. The summed E-state index contributed by atoms with van der Waals surface area (Å²) >= 11 is -7.00. The summed E-state index contributed by atoms with van der Waals surface area (Å²) in [6.45, 7) is 0. The van der Waals surface area contributed by atoms with Crippen LogP contribution in [0.25, 0.3) is 0 Å². The van der Waals surface area contributed by atoms with Gasteiger partial charge in [0.15, 0.2) is 0 Å². The third kappa shape index (κ3) is 37.4. The maximum absolute atomic E-state index is 9.88. The van der Waals surface area contributed by atoms with Gasteiger partial charge in [-0.3, -0.25) is 0 Å². The molecule has 0 saturated carbocycles. The molecular formula is HF4NaTb.